The lowest BCUT2D eigenvalue weighted by molar-refractivity contribution is 0.0466. The average molecular weight is 450 g/mol. The maximum absolute atomic E-state index is 12.2. The molecule has 0 fully saturated rings. The van der Waals surface area contributed by atoms with E-state index in [1.165, 1.54) is 0 Å². The number of carbonyl (C=O) groups excluding carboxylic acids is 1. The predicted octanol–water partition coefficient (Wildman–Crippen LogP) is 5.63. The summed E-state index contributed by atoms with van der Waals surface area (Å²) in [7, 11) is 0. The summed E-state index contributed by atoms with van der Waals surface area (Å²) in [6, 6.07) is 17.4. The van der Waals surface area contributed by atoms with Crippen molar-refractivity contribution in [2.45, 2.75) is 20.8 Å². The fourth-order valence-corrected chi connectivity index (χ4v) is 3.15. The largest absolute Gasteiger partial charge is 0.461 e. The zero-order valence-corrected chi connectivity index (χ0v) is 19.2. The maximum Gasteiger partial charge on any atom is 0.338 e. The first kappa shape index (κ1) is 25.7. The van der Waals surface area contributed by atoms with Crippen LogP contribution in [0.2, 0.25) is 0 Å². The number of likely N-dealkylation sites (N-methyl/N-ethyl adjacent to an activating group) is 1. The minimum absolute atomic E-state index is 0. The number of pyridine rings is 1. The van der Waals surface area contributed by atoms with Crippen molar-refractivity contribution in [2.24, 2.45) is 0 Å². The van der Waals surface area contributed by atoms with Gasteiger partial charge in [-0.15, -0.1) is 24.8 Å². The number of aromatic nitrogens is 1. The summed E-state index contributed by atoms with van der Waals surface area (Å²) in [5.74, 6) is -0.288. The van der Waals surface area contributed by atoms with Gasteiger partial charge in [0.05, 0.1) is 11.1 Å². The molecule has 7 heteroatoms. The van der Waals surface area contributed by atoms with Crippen molar-refractivity contribution >= 4 is 53.1 Å². The van der Waals surface area contributed by atoms with E-state index >= 15 is 0 Å². The first-order valence-corrected chi connectivity index (χ1v) is 9.73. The number of nitrogens with zero attached hydrogens (tertiary/aromatic N) is 2. The van der Waals surface area contributed by atoms with Gasteiger partial charge in [-0.1, -0.05) is 32.0 Å². The van der Waals surface area contributed by atoms with Gasteiger partial charge < -0.3 is 15.0 Å². The Kier molecular flexibility index (Phi) is 10.6. The predicted molar refractivity (Wildman–Crippen MR) is 129 cm³/mol. The number of esters is 1. The zero-order chi connectivity index (χ0) is 19.9. The standard InChI is InChI=1S/C23H27N3O2.2ClH/c1-4-26(5-2)14-15-28-23(27)18-10-12-19(13-11-18)25-22-16-17(3)24-21-9-7-6-8-20(21)22;;/h6-13,16H,4-5,14-15H2,1-3H3,(H,24,25);2*1H. The molecule has 0 unspecified atom stereocenters. The number of fused-ring (bicyclic) bond motifs is 1. The Morgan fingerprint density at radius 1 is 1.03 bits per heavy atom. The van der Waals surface area contributed by atoms with Crippen LogP contribution in [0.5, 0.6) is 0 Å². The number of carbonyl (C=O) groups is 1. The van der Waals surface area contributed by atoms with E-state index in [2.05, 4.69) is 29.0 Å². The molecule has 0 saturated heterocycles. The van der Waals surface area contributed by atoms with Crippen LogP contribution >= 0.6 is 24.8 Å². The van der Waals surface area contributed by atoms with Crippen molar-refractivity contribution in [1.82, 2.24) is 9.88 Å². The fourth-order valence-electron chi connectivity index (χ4n) is 3.15. The number of para-hydroxylation sites is 1. The van der Waals surface area contributed by atoms with Gasteiger partial charge >= 0.3 is 5.97 Å². The molecule has 162 valence electrons. The van der Waals surface area contributed by atoms with Crippen LogP contribution in [0.3, 0.4) is 0 Å². The lowest BCUT2D eigenvalue weighted by atomic mass is 10.1. The van der Waals surface area contributed by atoms with E-state index in [9.17, 15) is 4.79 Å². The quantitative estimate of drug-likeness (QED) is 0.451. The molecule has 3 aromatic rings. The van der Waals surface area contributed by atoms with Crippen LogP contribution < -0.4 is 5.32 Å². The number of nitrogens with one attached hydrogen (secondary N) is 1. The van der Waals surface area contributed by atoms with Crippen molar-refractivity contribution in [3.8, 4) is 0 Å². The fraction of sp³-hybridized carbons (Fsp3) is 0.304. The molecule has 0 aliphatic heterocycles. The number of halogens is 2. The van der Waals surface area contributed by atoms with Gasteiger partial charge in [0.1, 0.15) is 6.61 Å². The number of ether oxygens (including phenoxy) is 1. The Balaban J connectivity index is 0.00000225. The minimum atomic E-state index is -0.288. The molecule has 1 heterocycles. The minimum Gasteiger partial charge on any atom is -0.461 e. The zero-order valence-electron chi connectivity index (χ0n) is 17.6. The lowest BCUT2D eigenvalue weighted by Gasteiger charge is -2.17. The molecule has 0 atom stereocenters. The summed E-state index contributed by atoms with van der Waals surface area (Å²) in [4.78, 5) is 19.0. The van der Waals surface area contributed by atoms with Gasteiger partial charge in [0.15, 0.2) is 0 Å². The van der Waals surface area contributed by atoms with E-state index in [0.29, 0.717) is 12.2 Å². The highest BCUT2D eigenvalue weighted by Crippen LogP contribution is 2.26. The Morgan fingerprint density at radius 3 is 2.37 bits per heavy atom. The highest BCUT2D eigenvalue weighted by atomic mass is 35.5. The van der Waals surface area contributed by atoms with E-state index in [1.54, 1.807) is 12.1 Å². The first-order chi connectivity index (χ1) is 13.6. The molecular formula is C23H29Cl2N3O2. The molecule has 2 aromatic carbocycles. The van der Waals surface area contributed by atoms with Crippen LogP contribution in [-0.2, 0) is 4.74 Å². The number of anilines is 2. The smallest absolute Gasteiger partial charge is 0.338 e. The van der Waals surface area contributed by atoms with Gasteiger partial charge in [-0.2, -0.15) is 0 Å². The second-order valence-corrected chi connectivity index (χ2v) is 6.69. The molecule has 0 bridgehead atoms. The van der Waals surface area contributed by atoms with E-state index in [-0.39, 0.29) is 30.8 Å². The number of aryl methyl sites for hydroxylation is 1. The third-order valence-corrected chi connectivity index (χ3v) is 4.78. The average Bonchev–Trinajstić information content (AvgIpc) is 2.71. The Labute approximate surface area is 190 Å². The second kappa shape index (κ2) is 12.4. The van der Waals surface area contributed by atoms with Crippen LogP contribution in [0.15, 0.2) is 54.6 Å². The molecule has 0 radical (unpaired) electrons. The van der Waals surface area contributed by atoms with Gasteiger partial charge in [-0.05, 0) is 56.4 Å². The van der Waals surface area contributed by atoms with Crippen molar-refractivity contribution < 1.29 is 9.53 Å². The van der Waals surface area contributed by atoms with Gasteiger partial charge in [-0.25, -0.2) is 4.79 Å². The highest BCUT2D eigenvalue weighted by Gasteiger charge is 2.09. The molecule has 1 aromatic heterocycles. The van der Waals surface area contributed by atoms with Gasteiger partial charge in [0, 0.05) is 29.0 Å². The summed E-state index contributed by atoms with van der Waals surface area (Å²) >= 11 is 0. The van der Waals surface area contributed by atoms with Crippen molar-refractivity contribution in [3.05, 3.63) is 65.9 Å². The van der Waals surface area contributed by atoms with Crippen molar-refractivity contribution in [3.63, 3.8) is 0 Å². The molecule has 30 heavy (non-hydrogen) atoms. The molecule has 0 saturated carbocycles. The topological polar surface area (TPSA) is 54.5 Å². The summed E-state index contributed by atoms with van der Waals surface area (Å²) in [5.41, 5.74) is 4.38. The van der Waals surface area contributed by atoms with Crippen LogP contribution in [0.4, 0.5) is 11.4 Å². The molecule has 5 nitrogen and oxygen atoms in total. The number of hydrogen-bond donors (Lipinski definition) is 1. The van der Waals surface area contributed by atoms with E-state index < -0.39 is 0 Å². The number of hydrogen-bond acceptors (Lipinski definition) is 5. The summed E-state index contributed by atoms with van der Waals surface area (Å²) < 4.78 is 5.38. The first-order valence-electron chi connectivity index (χ1n) is 9.73. The summed E-state index contributed by atoms with van der Waals surface area (Å²) in [5, 5.41) is 4.49. The molecule has 0 amide bonds. The maximum atomic E-state index is 12.2. The Hall–Kier alpha value is -2.34. The molecule has 0 aliphatic rings. The van der Waals surface area contributed by atoms with E-state index in [1.807, 2.05) is 49.4 Å². The Morgan fingerprint density at radius 2 is 1.70 bits per heavy atom. The molecule has 3 rings (SSSR count). The molecule has 1 N–H and O–H groups in total. The molecular weight excluding hydrogens is 421 g/mol. The van der Waals surface area contributed by atoms with Gasteiger partial charge in [0.25, 0.3) is 0 Å². The normalized spacial score (nSPS) is 10.3. The van der Waals surface area contributed by atoms with Crippen LogP contribution in [0.1, 0.15) is 29.9 Å². The Bertz CT molecular complexity index is 945. The number of benzene rings is 2. The van der Waals surface area contributed by atoms with Crippen LogP contribution in [-0.4, -0.2) is 42.1 Å². The molecule has 0 aliphatic carbocycles. The van der Waals surface area contributed by atoms with E-state index in [0.717, 1.165) is 47.6 Å². The van der Waals surface area contributed by atoms with Crippen LogP contribution in [0.25, 0.3) is 10.9 Å². The lowest BCUT2D eigenvalue weighted by Crippen LogP contribution is -2.27. The summed E-state index contributed by atoms with van der Waals surface area (Å²) in [6.07, 6.45) is 0. The van der Waals surface area contributed by atoms with Crippen molar-refractivity contribution in [1.29, 1.82) is 0 Å². The third kappa shape index (κ3) is 6.59. The van der Waals surface area contributed by atoms with E-state index in [4.69, 9.17) is 4.74 Å². The van der Waals surface area contributed by atoms with Crippen molar-refractivity contribution in [2.75, 3.05) is 31.6 Å². The SMILES string of the molecule is CCN(CC)CCOC(=O)c1ccc(Nc2cc(C)nc3ccccc23)cc1.Cl.Cl. The molecule has 0 spiro atoms. The van der Waals surface area contributed by atoms with Gasteiger partial charge in [0.2, 0.25) is 0 Å². The second-order valence-electron chi connectivity index (χ2n) is 6.69. The van der Waals surface area contributed by atoms with Crippen LogP contribution in [0, 0.1) is 6.92 Å². The third-order valence-electron chi connectivity index (χ3n) is 4.78. The number of rotatable bonds is 8. The monoisotopic (exact) mass is 449 g/mol. The summed E-state index contributed by atoms with van der Waals surface area (Å²) in [6.45, 7) is 9.26. The highest BCUT2D eigenvalue weighted by molar-refractivity contribution is 5.94. The van der Waals surface area contributed by atoms with Gasteiger partial charge in [-0.3, -0.25) is 4.98 Å².